The molecule has 0 unspecified atom stereocenters. The van der Waals surface area contributed by atoms with E-state index >= 15 is 0 Å². The molecule has 2 aromatic carbocycles. The Hall–Kier alpha value is -2.17. The van der Waals surface area contributed by atoms with Gasteiger partial charge in [0.15, 0.2) is 0 Å². The van der Waals surface area contributed by atoms with Crippen LogP contribution in [-0.4, -0.2) is 36.0 Å². The molecular formula is C20H25N3O. The van der Waals surface area contributed by atoms with Gasteiger partial charge < -0.3 is 10.6 Å². The zero-order chi connectivity index (χ0) is 16.8. The van der Waals surface area contributed by atoms with Crippen LogP contribution >= 0.6 is 0 Å². The molecule has 4 nitrogen and oxygen atoms in total. The van der Waals surface area contributed by atoms with Crippen molar-refractivity contribution < 1.29 is 4.79 Å². The lowest BCUT2D eigenvalue weighted by Gasteiger charge is -2.51. The molecule has 1 aliphatic heterocycles. The second-order valence-corrected chi connectivity index (χ2v) is 6.56. The van der Waals surface area contributed by atoms with Crippen molar-refractivity contribution in [3.8, 4) is 0 Å². The fourth-order valence-corrected chi connectivity index (χ4v) is 3.16. The average molecular weight is 323 g/mol. The Morgan fingerprint density at radius 2 is 1.50 bits per heavy atom. The van der Waals surface area contributed by atoms with Gasteiger partial charge in [-0.2, -0.15) is 0 Å². The van der Waals surface area contributed by atoms with Crippen molar-refractivity contribution in [2.45, 2.75) is 25.6 Å². The van der Waals surface area contributed by atoms with Crippen LogP contribution in [0.3, 0.4) is 0 Å². The van der Waals surface area contributed by atoms with Crippen LogP contribution in [0.25, 0.3) is 0 Å². The summed E-state index contributed by atoms with van der Waals surface area (Å²) in [5.41, 5.74) is 2.56. The van der Waals surface area contributed by atoms with Gasteiger partial charge in [-0.3, -0.25) is 9.69 Å². The summed E-state index contributed by atoms with van der Waals surface area (Å²) < 4.78 is 0. The van der Waals surface area contributed by atoms with Gasteiger partial charge in [0.1, 0.15) is 0 Å². The molecule has 1 heterocycles. The summed E-state index contributed by atoms with van der Waals surface area (Å²) in [7, 11) is 0. The number of hydrogen-bond acceptors (Lipinski definition) is 3. The molecular weight excluding hydrogens is 298 g/mol. The van der Waals surface area contributed by atoms with Gasteiger partial charge in [0.2, 0.25) is 5.91 Å². The van der Waals surface area contributed by atoms with E-state index in [1.165, 1.54) is 11.1 Å². The Balaban J connectivity index is 1.81. The molecule has 0 radical (unpaired) electrons. The molecule has 1 saturated heterocycles. The molecule has 0 bridgehead atoms. The van der Waals surface area contributed by atoms with Gasteiger partial charge in [-0.1, -0.05) is 60.7 Å². The summed E-state index contributed by atoms with van der Waals surface area (Å²) >= 11 is 0. The predicted molar refractivity (Wildman–Crippen MR) is 96.4 cm³/mol. The van der Waals surface area contributed by atoms with Gasteiger partial charge in [-0.15, -0.1) is 0 Å². The monoisotopic (exact) mass is 323 g/mol. The van der Waals surface area contributed by atoms with Crippen LogP contribution in [0.2, 0.25) is 0 Å². The topological polar surface area (TPSA) is 44.4 Å². The van der Waals surface area contributed by atoms with Crippen LogP contribution in [-0.2, 0) is 17.9 Å². The summed E-state index contributed by atoms with van der Waals surface area (Å²) in [5, 5.41) is 6.40. The minimum atomic E-state index is -0.0304. The fourth-order valence-electron chi connectivity index (χ4n) is 3.16. The third-order valence-electron chi connectivity index (χ3n) is 4.68. The lowest BCUT2D eigenvalue weighted by atomic mass is 9.88. The predicted octanol–water partition coefficient (Wildman–Crippen LogP) is 2.17. The first kappa shape index (κ1) is 16.7. The van der Waals surface area contributed by atoms with Crippen molar-refractivity contribution in [1.82, 2.24) is 15.5 Å². The van der Waals surface area contributed by atoms with Crippen LogP contribution < -0.4 is 10.6 Å². The molecule has 1 amide bonds. The number of nitrogens with zero attached hydrogens (tertiary/aromatic N) is 1. The SMILES string of the molecule is CC(=O)NCC1(N(Cc2ccccc2)Cc2ccccc2)CNC1. The van der Waals surface area contributed by atoms with Gasteiger partial charge in [-0.05, 0) is 11.1 Å². The van der Waals surface area contributed by atoms with Gasteiger partial charge in [0.25, 0.3) is 0 Å². The number of carbonyl (C=O) groups excluding carboxylic acids is 1. The minimum Gasteiger partial charge on any atom is -0.354 e. The number of amides is 1. The highest BCUT2D eigenvalue weighted by molar-refractivity contribution is 5.72. The third-order valence-corrected chi connectivity index (χ3v) is 4.68. The standard InChI is InChI=1S/C20H25N3O/c1-17(24)22-16-20(14-21-15-20)23(12-18-8-4-2-5-9-18)13-19-10-6-3-7-11-19/h2-11,21H,12-16H2,1H3,(H,22,24). The van der Waals surface area contributed by atoms with Crippen molar-refractivity contribution in [2.24, 2.45) is 0 Å². The van der Waals surface area contributed by atoms with E-state index in [9.17, 15) is 4.79 Å². The Labute approximate surface area is 143 Å². The van der Waals surface area contributed by atoms with E-state index < -0.39 is 0 Å². The highest BCUT2D eigenvalue weighted by atomic mass is 16.1. The molecule has 2 N–H and O–H groups in total. The number of nitrogens with one attached hydrogen (secondary N) is 2. The number of hydrogen-bond donors (Lipinski definition) is 2. The summed E-state index contributed by atoms with van der Waals surface area (Å²) in [4.78, 5) is 13.9. The number of benzene rings is 2. The average Bonchev–Trinajstić information content (AvgIpc) is 2.55. The molecule has 24 heavy (non-hydrogen) atoms. The smallest absolute Gasteiger partial charge is 0.216 e. The van der Waals surface area contributed by atoms with Crippen LogP contribution in [0, 0.1) is 0 Å². The molecule has 3 rings (SSSR count). The Morgan fingerprint density at radius 1 is 1.00 bits per heavy atom. The molecule has 0 spiro atoms. The van der Waals surface area contributed by atoms with Gasteiger partial charge >= 0.3 is 0 Å². The molecule has 0 aromatic heterocycles. The first-order chi connectivity index (χ1) is 11.7. The lowest BCUT2D eigenvalue weighted by molar-refractivity contribution is -0.120. The van der Waals surface area contributed by atoms with Crippen molar-refractivity contribution in [1.29, 1.82) is 0 Å². The largest absolute Gasteiger partial charge is 0.354 e. The Morgan fingerprint density at radius 3 is 1.88 bits per heavy atom. The number of rotatable bonds is 7. The molecule has 0 saturated carbocycles. The fraction of sp³-hybridized carbons (Fsp3) is 0.350. The summed E-state index contributed by atoms with van der Waals surface area (Å²) in [5.74, 6) is 0.0284. The van der Waals surface area contributed by atoms with E-state index in [0.717, 1.165) is 26.2 Å². The molecule has 0 atom stereocenters. The van der Waals surface area contributed by atoms with Crippen molar-refractivity contribution in [2.75, 3.05) is 19.6 Å². The highest BCUT2D eigenvalue weighted by Gasteiger charge is 2.42. The van der Waals surface area contributed by atoms with Gasteiger partial charge in [0.05, 0.1) is 5.54 Å². The van der Waals surface area contributed by atoms with Crippen LogP contribution in [0.5, 0.6) is 0 Å². The van der Waals surface area contributed by atoms with Crippen molar-refractivity contribution in [3.63, 3.8) is 0 Å². The molecule has 126 valence electrons. The normalized spacial score (nSPS) is 15.8. The summed E-state index contributed by atoms with van der Waals surface area (Å²) in [6.45, 7) is 5.79. The molecule has 1 fully saturated rings. The van der Waals surface area contributed by atoms with E-state index in [2.05, 4.69) is 64.1 Å². The van der Waals surface area contributed by atoms with Crippen molar-refractivity contribution in [3.05, 3.63) is 71.8 Å². The molecule has 0 aliphatic carbocycles. The maximum absolute atomic E-state index is 11.4. The van der Waals surface area contributed by atoms with E-state index in [1.807, 2.05) is 12.1 Å². The van der Waals surface area contributed by atoms with Crippen LogP contribution in [0.1, 0.15) is 18.1 Å². The first-order valence-corrected chi connectivity index (χ1v) is 8.46. The zero-order valence-corrected chi connectivity index (χ0v) is 14.2. The zero-order valence-electron chi connectivity index (χ0n) is 14.2. The van der Waals surface area contributed by atoms with Gasteiger partial charge in [-0.25, -0.2) is 0 Å². The quantitative estimate of drug-likeness (QED) is 0.821. The van der Waals surface area contributed by atoms with E-state index in [1.54, 1.807) is 6.92 Å². The molecule has 4 heteroatoms. The maximum Gasteiger partial charge on any atom is 0.216 e. The Kier molecular flexibility index (Phi) is 5.28. The van der Waals surface area contributed by atoms with E-state index in [0.29, 0.717) is 6.54 Å². The molecule has 2 aromatic rings. The molecule has 1 aliphatic rings. The van der Waals surface area contributed by atoms with E-state index in [4.69, 9.17) is 0 Å². The highest BCUT2D eigenvalue weighted by Crippen LogP contribution is 2.25. The van der Waals surface area contributed by atoms with Crippen LogP contribution in [0.15, 0.2) is 60.7 Å². The third kappa shape index (κ3) is 4.02. The Bertz CT molecular complexity index is 612. The maximum atomic E-state index is 11.4. The number of carbonyl (C=O) groups is 1. The summed E-state index contributed by atoms with van der Waals surface area (Å²) in [6.07, 6.45) is 0. The second kappa shape index (κ2) is 7.60. The van der Waals surface area contributed by atoms with E-state index in [-0.39, 0.29) is 11.4 Å². The first-order valence-electron chi connectivity index (χ1n) is 8.46. The summed E-state index contributed by atoms with van der Waals surface area (Å²) in [6, 6.07) is 21.1. The van der Waals surface area contributed by atoms with Crippen molar-refractivity contribution >= 4 is 5.91 Å². The second-order valence-electron chi connectivity index (χ2n) is 6.56. The van der Waals surface area contributed by atoms with Crippen LogP contribution in [0.4, 0.5) is 0 Å². The lowest BCUT2D eigenvalue weighted by Crippen LogP contribution is -2.72. The van der Waals surface area contributed by atoms with Gasteiger partial charge in [0, 0.05) is 39.6 Å². The minimum absolute atomic E-state index is 0.0284.